The van der Waals surface area contributed by atoms with Gasteiger partial charge in [-0.15, -0.1) is 0 Å². The van der Waals surface area contributed by atoms with Gasteiger partial charge in [-0.25, -0.2) is 14.1 Å². The number of carbonyl (C=O) groups excluding carboxylic acids is 3. The number of imide groups is 2. The predicted molar refractivity (Wildman–Crippen MR) is 123 cm³/mol. The third-order valence-corrected chi connectivity index (χ3v) is 5.55. The molecule has 33 heavy (non-hydrogen) atoms. The highest BCUT2D eigenvalue weighted by Gasteiger charge is 2.37. The predicted octanol–water partition coefficient (Wildman–Crippen LogP) is 5.38. The summed E-state index contributed by atoms with van der Waals surface area (Å²) in [5.74, 6) is -1.50. The van der Waals surface area contributed by atoms with Crippen molar-refractivity contribution in [1.29, 1.82) is 0 Å². The summed E-state index contributed by atoms with van der Waals surface area (Å²) >= 11 is 11.9. The number of barbiturate groups is 1. The summed E-state index contributed by atoms with van der Waals surface area (Å²) in [5, 5.41) is 2.55. The number of anilines is 1. The van der Waals surface area contributed by atoms with E-state index in [2.05, 4.69) is 5.32 Å². The van der Waals surface area contributed by atoms with E-state index in [-0.39, 0.29) is 33.7 Å². The number of benzene rings is 3. The molecule has 1 N–H and O–H groups in total. The van der Waals surface area contributed by atoms with Crippen molar-refractivity contribution in [2.45, 2.75) is 6.61 Å². The first-order valence-corrected chi connectivity index (χ1v) is 10.4. The summed E-state index contributed by atoms with van der Waals surface area (Å²) in [5.41, 5.74) is 0.873. The molecule has 0 aromatic heterocycles. The Morgan fingerprint density at radius 2 is 1.67 bits per heavy atom. The summed E-state index contributed by atoms with van der Waals surface area (Å²) in [4.78, 5) is 38.4. The second-order valence-corrected chi connectivity index (χ2v) is 7.82. The van der Waals surface area contributed by atoms with Crippen LogP contribution in [0.4, 0.5) is 14.9 Å². The monoisotopic (exact) mass is 484 g/mol. The number of carbonyl (C=O) groups is 3. The molecule has 1 aliphatic rings. The maximum absolute atomic E-state index is 13.7. The van der Waals surface area contributed by atoms with E-state index in [0.717, 1.165) is 4.90 Å². The van der Waals surface area contributed by atoms with E-state index in [0.29, 0.717) is 16.9 Å². The summed E-state index contributed by atoms with van der Waals surface area (Å²) in [6.45, 7) is 0.0503. The first kappa shape index (κ1) is 22.5. The fraction of sp³-hybridized carbons (Fsp3) is 0.0417. The molecule has 3 aromatic carbocycles. The number of hydrogen-bond donors (Lipinski definition) is 1. The molecule has 4 amide bonds. The number of ether oxygens (including phenoxy) is 1. The van der Waals surface area contributed by atoms with E-state index in [4.69, 9.17) is 27.9 Å². The number of halogens is 3. The number of amides is 4. The Bertz CT molecular complexity index is 1290. The summed E-state index contributed by atoms with van der Waals surface area (Å²) < 4.78 is 19.3. The average molecular weight is 485 g/mol. The van der Waals surface area contributed by atoms with Crippen molar-refractivity contribution in [3.63, 3.8) is 0 Å². The minimum absolute atomic E-state index is 0.0503. The van der Waals surface area contributed by atoms with Gasteiger partial charge in [0.1, 0.15) is 23.7 Å². The van der Waals surface area contributed by atoms with E-state index in [1.165, 1.54) is 30.3 Å². The summed E-state index contributed by atoms with van der Waals surface area (Å²) in [6.07, 6.45) is 1.36. The molecule has 3 aromatic rings. The van der Waals surface area contributed by atoms with Crippen molar-refractivity contribution >= 4 is 52.8 Å². The van der Waals surface area contributed by atoms with Crippen molar-refractivity contribution in [1.82, 2.24) is 5.32 Å². The molecular formula is C24H15Cl2FN2O4. The second kappa shape index (κ2) is 9.44. The smallest absolute Gasteiger partial charge is 0.335 e. The molecule has 1 heterocycles. The van der Waals surface area contributed by atoms with Crippen molar-refractivity contribution in [2.75, 3.05) is 4.90 Å². The molecular weight excluding hydrogens is 470 g/mol. The molecule has 166 valence electrons. The van der Waals surface area contributed by atoms with Crippen LogP contribution in [0.25, 0.3) is 6.08 Å². The Morgan fingerprint density at radius 1 is 0.939 bits per heavy atom. The van der Waals surface area contributed by atoms with Gasteiger partial charge in [-0.1, -0.05) is 53.5 Å². The van der Waals surface area contributed by atoms with Crippen LogP contribution < -0.4 is 15.0 Å². The lowest BCUT2D eigenvalue weighted by Gasteiger charge is -2.26. The Balaban J connectivity index is 1.53. The van der Waals surface area contributed by atoms with Gasteiger partial charge in [0.25, 0.3) is 11.8 Å². The van der Waals surface area contributed by atoms with Crippen molar-refractivity contribution in [3.05, 3.63) is 99.3 Å². The minimum atomic E-state index is -0.891. The summed E-state index contributed by atoms with van der Waals surface area (Å²) in [7, 11) is 0. The summed E-state index contributed by atoms with van der Waals surface area (Å²) in [6, 6.07) is 16.2. The van der Waals surface area contributed by atoms with Crippen molar-refractivity contribution in [3.8, 4) is 5.75 Å². The van der Waals surface area contributed by atoms with E-state index in [1.807, 2.05) is 0 Å². The van der Waals surface area contributed by atoms with Gasteiger partial charge in [0.15, 0.2) is 0 Å². The zero-order valence-electron chi connectivity index (χ0n) is 16.8. The molecule has 0 bridgehead atoms. The Kier molecular flexibility index (Phi) is 6.44. The molecule has 0 aliphatic carbocycles. The zero-order chi connectivity index (χ0) is 23.5. The van der Waals surface area contributed by atoms with Crippen LogP contribution >= 0.6 is 23.2 Å². The fourth-order valence-electron chi connectivity index (χ4n) is 3.12. The first-order valence-electron chi connectivity index (χ1n) is 9.66. The molecule has 9 heteroatoms. The van der Waals surface area contributed by atoms with Crippen molar-refractivity contribution < 1.29 is 23.5 Å². The van der Waals surface area contributed by atoms with Gasteiger partial charge in [0, 0.05) is 5.56 Å². The Labute approximate surface area is 198 Å². The molecule has 4 rings (SSSR count). The quantitative estimate of drug-likeness (QED) is 0.389. The third kappa shape index (κ3) is 4.89. The highest BCUT2D eigenvalue weighted by molar-refractivity contribution is 6.43. The lowest BCUT2D eigenvalue weighted by molar-refractivity contribution is -0.122. The molecule has 0 atom stereocenters. The standard InChI is InChI=1S/C24H15Cl2FN2O4/c25-19-10-7-16(12-20(19)26)29-23(31)18(22(30)28-24(29)32)11-14-5-8-17(9-6-14)33-13-15-3-1-2-4-21(15)27/h1-12H,13H2,(H,28,30,32)/b18-11+. The van der Waals surface area contributed by atoms with Gasteiger partial charge in [-0.2, -0.15) is 0 Å². The van der Waals surface area contributed by atoms with Crippen LogP contribution in [0.15, 0.2) is 72.3 Å². The van der Waals surface area contributed by atoms with Crippen molar-refractivity contribution in [2.24, 2.45) is 0 Å². The number of nitrogens with one attached hydrogen (secondary N) is 1. The van der Waals surface area contributed by atoms with Crippen LogP contribution in [0.5, 0.6) is 5.75 Å². The molecule has 1 saturated heterocycles. The number of rotatable bonds is 5. The van der Waals surface area contributed by atoms with E-state index >= 15 is 0 Å². The topological polar surface area (TPSA) is 75.7 Å². The van der Waals surface area contributed by atoms with Gasteiger partial charge in [-0.3, -0.25) is 14.9 Å². The minimum Gasteiger partial charge on any atom is -0.489 e. The lowest BCUT2D eigenvalue weighted by atomic mass is 10.1. The highest BCUT2D eigenvalue weighted by Crippen LogP contribution is 2.29. The normalized spacial score (nSPS) is 15.1. The Morgan fingerprint density at radius 3 is 2.36 bits per heavy atom. The van der Waals surface area contributed by atoms with Gasteiger partial charge < -0.3 is 4.74 Å². The third-order valence-electron chi connectivity index (χ3n) is 4.81. The maximum Gasteiger partial charge on any atom is 0.335 e. The second-order valence-electron chi connectivity index (χ2n) is 7.01. The average Bonchev–Trinajstić information content (AvgIpc) is 2.79. The van der Waals surface area contributed by atoms with E-state index in [9.17, 15) is 18.8 Å². The molecule has 1 aliphatic heterocycles. The van der Waals surface area contributed by atoms with Crippen LogP contribution in [0, 0.1) is 5.82 Å². The van der Waals surface area contributed by atoms with Gasteiger partial charge >= 0.3 is 6.03 Å². The Hall–Kier alpha value is -3.68. The largest absolute Gasteiger partial charge is 0.489 e. The SMILES string of the molecule is O=C1NC(=O)N(c2ccc(Cl)c(Cl)c2)C(=O)/C1=C/c1ccc(OCc2ccccc2F)cc1. The van der Waals surface area contributed by atoms with Crippen LogP contribution in [0.1, 0.15) is 11.1 Å². The highest BCUT2D eigenvalue weighted by atomic mass is 35.5. The molecule has 1 fully saturated rings. The fourth-order valence-corrected chi connectivity index (χ4v) is 3.41. The van der Waals surface area contributed by atoms with Gasteiger partial charge in [0.05, 0.1) is 15.7 Å². The van der Waals surface area contributed by atoms with Gasteiger partial charge in [0.2, 0.25) is 0 Å². The van der Waals surface area contributed by atoms with Crippen LogP contribution in [-0.2, 0) is 16.2 Å². The van der Waals surface area contributed by atoms with Crippen LogP contribution in [0.3, 0.4) is 0 Å². The molecule has 0 spiro atoms. The van der Waals surface area contributed by atoms with Gasteiger partial charge in [-0.05, 0) is 48.0 Å². The maximum atomic E-state index is 13.7. The van der Waals surface area contributed by atoms with E-state index in [1.54, 1.807) is 42.5 Å². The lowest BCUT2D eigenvalue weighted by Crippen LogP contribution is -2.54. The number of urea groups is 1. The van der Waals surface area contributed by atoms with E-state index < -0.39 is 17.8 Å². The number of nitrogens with zero attached hydrogens (tertiary/aromatic N) is 1. The number of hydrogen-bond acceptors (Lipinski definition) is 4. The zero-order valence-corrected chi connectivity index (χ0v) is 18.4. The first-order chi connectivity index (χ1) is 15.8. The molecule has 0 saturated carbocycles. The molecule has 0 radical (unpaired) electrons. The molecule has 0 unspecified atom stereocenters. The van der Waals surface area contributed by atoms with Crippen LogP contribution in [-0.4, -0.2) is 17.8 Å². The van der Waals surface area contributed by atoms with Crippen LogP contribution in [0.2, 0.25) is 10.0 Å². The molecule has 6 nitrogen and oxygen atoms in total.